The Kier molecular flexibility index (Phi) is 2.69. The van der Waals surface area contributed by atoms with Crippen molar-refractivity contribution in [2.45, 2.75) is 26.3 Å². The number of rotatable bonds is 2. The highest BCUT2D eigenvalue weighted by Crippen LogP contribution is 2.26. The number of hydrogen-bond acceptors (Lipinski definition) is 2. The van der Waals surface area contributed by atoms with E-state index in [0.717, 1.165) is 10.9 Å². The Labute approximate surface area is 101 Å². The Bertz CT molecular complexity index is 567. The summed E-state index contributed by atoms with van der Waals surface area (Å²) in [5.74, 6) is -0.239. The third-order valence-corrected chi connectivity index (χ3v) is 3.14. The van der Waals surface area contributed by atoms with Gasteiger partial charge in [0, 0.05) is 11.7 Å². The fraction of sp³-hybridized carbons (Fsp3) is 0.357. The maximum atomic E-state index is 11.8. The van der Waals surface area contributed by atoms with Gasteiger partial charge in [-0.3, -0.25) is 0 Å². The molecular weight excluding hydrogens is 214 g/mol. The van der Waals surface area contributed by atoms with Crippen LogP contribution in [0, 0.1) is 6.92 Å². The average Bonchev–Trinajstić information content (AvgIpc) is 2.71. The first-order valence-corrected chi connectivity index (χ1v) is 5.63. The number of aromatic nitrogens is 1. The summed E-state index contributed by atoms with van der Waals surface area (Å²) in [7, 11) is 1.42. The van der Waals surface area contributed by atoms with Gasteiger partial charge in [-0.15, -0.1) is 0 Å². The van der Waals surface area contributed by atoms with Crippen molar-refractivity contribution in [3.05, 3.63) is 36.0 Å². The van der Waals surface area contributed by atoms with Crippen LogP contribution in [0.4, 0.5) is 0 Å². The zero-order chi connectivity index (χ0) is 12.6. The zero-order valence-corrected chi connectivity index (χ0v) is 10.7. The van der Waals surface area contributed by atoms with Gasteiger partial charge in [-0.1, -0.05) is 12.1 Å². The first kappa shape index (κ1) is 11.7. The summed E-state index contributed by atoms with van der Waals surface area (Å²) < 4.78 is 6.82. The molecule has 0 aliphatic carbocycles. The molecule has 0 spiro atoms. The van der Waals surface area contributed by atoms with Gasteiger partial charge in [0.05, 0.1) is 7.11 Å². The lowest BCUT2D eigenvalue weighted by atomic mass is 10.1. The molecule has 90 valence electrons. The van der Waals surface area contributed by atoms with E-state index in [9.17, 15) is 4.79 Å². The minimum Gasteiger partial charge on any atom is -0.467 e. The van der Waals surface area contributed by atoms with Gasteiger partial charge in [-0.25, -0.2) is 4.79 Å². The SMILES string of the molecule is COC(=O)C(C)(C)n1ccc2ccc(C)cc21. The third-order valence-electron chi connectivity index (χ3n) is 3.14. The van der Waals surface area contributed by atoms with Crippen molar-refractivity contribution in [3.8, 4) is 0 Å². The molecule has 0 N–H and O–H groups in total. The predicted octanol–water partition coefficient (Wildman–Crippen LogP) is 2.86. The smallest absolute Gasteiger partial charge is 0.331 e. The summed E-state index contributed by atoms with van der Waals surface area (Å²) in [5, 5.41) is 1.13. The topological polar surface area (TPSA) is 31.2 Å². The van der Waals surface area contributed by atoms with E-state index in [0.29, 0.717) is 0 Å². The second-order valence-corrected chi connectivity index (χ2v) is 4.80. The van der Waals surface area contributed by atoms with Crippen molar-refractivity contribution < 1.29 is 9.53 Å². The second kappa shape index (κ2) is 3.91. The van der Waals surface area contributed by atoms with Crippen LogP contribution in [0.2, 0.25) is 0 Å². The van der Waals surface area contributed by atoms with E-state index in [1.807, 2.05) is 37.6 Å². The van der Waals surface area contributed by atoms with E-state index in [4.69, 9.17) is 4.74 Å². The molecule has 3 nitrogen and oxygen atoms in total. The van der Waals surface area contributed by atoms with Crippen molar-refractivity contribution in [1.29, 1.82) is 0 Å². The Morgan fingerprint density at radius 2 is 2.00 bits per heavy atom. The van der Waals surface area contributed by atoms with Gasteiger partial charge < -0.3 is 9.30 Å². The molecule has 2 aromatic rings. The second-order valence-electron chi connectivity index (χ2n) is 4.80. The molecule has 2 rings (SSSR count). The van der Waals surface area contributed by atoms with E-state index in [1.54, 1.807) is 0 Å². The number of carbonyl (C=O) groups is 1. The number of hydrogen-bond donors (Lipinski definition) is 0. The van der Waals surface area contributed by atoms with Crippen LogP contribution in [-0.4, -0.2) is 17.6 Å². The summed E-state index contributed by atoms with van der Waals surface area (Å²) in [6, 6.07) is 8.23. The molecule has 0 bridgehead atoms. The van der Waals surface area contributed by atoms with Gasteiger partial charge in [0.25, 0.3) is 0 Å². The van der Waals surface area contributed by atoms with E-state index in [2.05, 4.69) is 18.2 Å². The number of esters is 1. The molecule has 17 heavy (non-hydrogen) atoms. The van der Waals surface area contributed by atoms with Crippen molar-refractivity contribution in [1.82, 2.24) is 4.57 Å². The Morgan fingerprint density at radius 1 is 1.29 bits per heavy atom. The van der Waals surface area contributed by atoms with Crippen molar-refractivity contribution in [2.24, 2.45) is 0 Å². The minimum atomic E-state index is -0.690. The lowest BCUT2D eigenvalue weighted by molar-refractivity contribution is -0.149. The predicted molar refractivity (Wildman–Crippen MR) is 68.0 cm³/mol. The monoisotopic (exact) mass is 231 g/mol. The fourth-order valence-corrected chi connectivity index (χ4v) is 2.07. The molecule has 0 fully saturated rings. The molecule has 0 unspecified atom stereocenters. The number of aryl methyl sites for hydroxylation is 1. The van der Waals surface area contributed by atoms with Crippen LogP contribution in [-0.2, 0) is 15.1 Å². The number of methoxy groups -OCH3 is 1. The molecule has 1 aromatic carbocycles. The molecule has 0 radical (unpaired) electrons. The van der Waals surface area contributed by atoms with E-state index < -0.39 is 5.54 Å². The highest BCUT2D eigenvalue weighted by molar-refractivity contribution is 5.85. The molecular formula is C14H17NO2. The molecule has 1 aromatic heterocycles. The largest absolute Gasteiger partial charge is 0.467 e. The van der Waals surface area contributed by atoms with E-state index in [1.165, 1.54) is 12.7 Å². The average molecular weight is 231 g/mol. The van der Waals surface area contributed by atoms with Gasteiger partial charge in [0.15, 0.2) is 0 Å². The molecule has 1 heterocycles. The Hall–Kier alpha value is -1.77. The quantitative estimate of drug-likeness (QED) is 0.744. The van der Waals surface area contributed by atoms with E-state index >= 15 is 0 Å². The maximum Gasteiger partial charge on any atom is 0.331 e. The van der Waals surface area contributed by atoms with E-state index in [-0.39, 0.29) is 5.97 Å². The number of fused-ring (bicyclic) bond motifs is 1. The fourth-order valence-electron chi connectivity index (χ4n) is 2.07. The maximum absolute atomic E-state index is 11.8. The Morgan fingerprint density at radius 3 is 2.65 bits per heavy atom. The molecule has 0 atom stereocenters. The van der Waals surface area contributed by atoms with Gasteiger partial charge in [0.1, 0.15) is 5.54 Å². The van der Waals surface area contributed by atoms with Crippen LogP contribution in [0.3, 0.4) is 0 Å². The van der Waals surface area contributed by atoms with Gasteiger partial charge in [0.2, 0.25) is 0 Å². The summed E-state index contributed by atoms with van der Waals surface area (Å²) in [4.78, 5) is 11.8. The minimum absolute atomic E-state index is 0.239. The van der Waals surface area contributed by atoms with Crippen LogP contribution in [0.25, 0.3) is 10.9 Å². The molecule has 0 saturated heterocycles. The van der Waals surface area contributed by atoms with Gasteiger partial charge in [-0.05, 0) is 43.9 Å². The molecule has 0 saturated carbocycles. The van der Waals surface area contributed by atoms with Crippen molar-refractivity contribution >= 4 is 16.9 Å². The normalized spacial score (nSPS) is 11.8. The molecule has 0 aliphatic rings. The third kappa shape index (κ3) is 1.82. The first-order valence-electron chi connectivity index (χ1n) is 5.63. The lowest BCUT2D eigenvalue weighted by Crippen LogP contribution is -2.36. The zero-order valence-electron chi connectivity index (χ0n) is 10.7. The standard InChI is InChI=1S/C14H17NO2/c1-10-5-6-11-7-8-15(12(11)9-10)14(2,3)13(16)17-4/h5-9H,1-4H3. The summed E-state index contributed by atoms with van der Waals surface area (Å²) in [5.41, 5.74) is 1.54. The van der Waals surface area contributed by atoms with Crippen LogP contribution < -0.4 is 0 Å². The molecule has 0 aliphatic heterocycles. The van der Waals surface area contributed by atoms with Crippen molar-refractivity contribution in [2.75, 3.05) is 7.11 Å². The van der Waals surface area contributed by atoms with Crippen LogP contribution in [0.5, 0.6) is 0 Å². The number of carbonyl (C=O) groups excluding carboxylic acids is 1. The molecule has 3 heteroatoms. The lowest BCUT2D eigenvalue weighted by Gasteiger charge is -2.25. The van der Waals surface area contributed by atoms with Crippen LogP contribution >= 0.6 is 0 Å². The van der Waals surface area contributed by atoms with Gasteiger partial charge in [-0.2, -0.15) is 0 Å². The van der Waals surface area contributed by atoms with Crippen LogP contribution in [0.15, 0.2) is 30.5 Å². The first-order chi connectivity index (χ1) is 7.96. The highest BCUT2D eigenvalue weighted by Gasteiger charge is 2.31. The Balaban J connectivity index is 2.63. The number of ether oxygens (including phenoxy) is 1. The number of benzene rings is 1. The summed E-state index contributed by atoms with van der Waals surface area (Å²) >= 11 is 0. The molecule has 0 amide bonds. The summed E-state index contributed by atoms with van der Waals surface area (Å²) in [6.07, 6.45) is 1.93. The van der Waals surface area contributed by atoms with Crippen LogP contribution in [0.1, 0.15) is 19.4 Å². The summed E-state index contributed by atoms with van der Waals surface area (Å²) in [6.45, 7) is 5.77. The van der Waals surface area contributed by atoms with Crippen molar-refractivity contribution in [3.63, 3.8) is 0 Å². The highest BCUT2D eigenvalue weighted by atomic mass is 16.5. The van der Waals surface area contributed by atoms with Gasteiger partial charge >= 0.3 is 5.97 Å². The number of nitrogens with zero attached hydrogens (tertiary/aromatic N) is 1.